The van der Waals surface area contributed by atoms with E-state index in [1.165, 1.54) is 9.77 Å². The van der Waals surface area contributed by atoms with Gasteiger partial charge in [-0.1, -0.05) is 25.1 Å². The van der Waals surface area contributed by atoms with E-state index in [4.69, 9.17) is 4.74 Å². The molecule has 2 unspecified atom stereocenters. The lowest BCUT2D eigenvalue weighted by molar-refractivity contribution is 0.168. The van der Waals surface area contributed by atoms with Crippen molar-refractivity contribution >= 4 is 23.1 Å². The number of para-hydroxylation sites is 1. The summed E-state index contributed by atoms with van der Waals surface area (Å²) in [6, 6.07) is 12.9. The Kier molecular flexibility index (Phi) is 4.65. The molecule has 0 aliphatic carbocycles. The molecule has 1 aromatic carbocycles. The van der Waals surface area contributed by atoms with Gasteiger partial charge in [0, 0.05) is 15.5 Å². The first-order valence-electron chi connectivity index (χ1n) is 7.03. The van der Waals surface area contributed by atoms with E-state index in [2.05, 4.69) is 48.0 Å². The van der Waals surface area contributed by atoms with Crippen LogP contribution in [-0.2, 0) is 0 Å². The van der Waals surface area contributed by atoms with Gasteiger partial charge in [0.1, 0.15) is 11.9 Å². The molecule has 4 heteroatoms. The Balaban J connectivity index is 1.79. The molecule has 0 amide bonds. The van der Waals surface area contributed by atoms with Crippen molar-refractivity contribution in [3.05, 3.63) is 46.7 Å². The number of thiophene rings is 1. The largest absolute Gasteiger partial charge is 0.486 e. The SMILES string of the molecule is CCCNC(c1cccs1)C1CSc2ccccc2O1. The van der Waals surface area contributed by atoms with Crippen LogP contribution >= 0.6 is 23.1 Å². The van der Waals surface area contributed by atoms with Gasteiger partial charge >= 0.3 is 0 Å². The lowest BCUT2D eigenvalue weighted by atomic mass is 10.1. The molecule has 106 valence electrons. The molecule has 2 atom stereocenters. The van der Waals surface area contributed by atoms with Crippen molar-refractivity contribution in [2.75, 3.05) is 12.3 Å². The van der Waals surface area contributed by atoms with Crippen molar-refractivity contribution in [1.82, 2.24) is 5.32 Å². The fraction of sp³-hybridized carbons (Fsp3) is 0.375. The van der Waals surface area contributed by atoms with Crippen molar-refractivity contribution in [2.45, 2.75) is 30.4 Å². The average molecular weight is 305 g/mol. The van der Waals surface area contributed by atoms with Gasteiger partial charge in [0.2, 0.25) is 0 Å². The topological polar surface area (TPSA) is 21.3 Å². The monoisotopic (exact) mass is 305 g/mol. The van der Waals surface area contributed by atoms with Crippen LogP contribution in [0.2, 0.25) is 0 Å². The molecule has 0 fully saturated rings. The Morgan fingerprint density at radius 2 is 2.20 bits per heavy atom. The molecule has 3 rings (SSSR count). The zero-order valence-corrected chi connectivity index (χ0v) is 13.2. The normalized spacial score (nSPS) is 19.1. The van der Waals surface area contributed by atoms with Crippen LogP contribution in [0.4, 0.5) is 0 Å². The van der Waals surface area contributed by atoms with Crippen LogP contribution in [0.5, 0.6) is 5.75 Å². The summed E-state index contributed by atoms with van der Waals surface area (Å²) < 4.78 is 6.24. The highest BCUT2D eigenvalue weighted by Crippen LogP contribution is 2.38. The van der Waals surface area contributed by atoms with Gasteiger partial charge in [-0.15, -0.1) is 23.1 Å². The molecular formula is C16H19NOS2. The molecule has 1 aliphatic heterocycles. The Hall–Kier alpha value is -0.970. The van der Waals surface area contributed by atoms with Crippen LogP contribution < -0.4 is 10.1 Å². The summed E-state index contributed by atoms with van der Waals surface area (Å²) in [6.45, 7) is 3.22. The minimum Gasteiger partial charge on any atom is -0.486 e. The second kappa shape index (κ2) is 6.66. The van der Waals surface area contributed by atoms with Crippen LogP contribution in [0.25, 0.3) is 0 Å². The van der Waals surface area contributed by atoms with Crippen LogP contribution in [0.1, 0.15) is 24.3 Å². The Morgan fingerprint density at radius 1 is 1.30 bits per heavy atom. The molecule has 0 saturated carbocycles. The Bertz CT molecular complexity index is 541. The maximum Gasteiger partial charge on any atom is 0.133 e. The van der Waals surface area contributed by atoms with E-state index in [-0.39, 0.29) is 12.1 Å². The summed E-state index contributed by atoms with van der Waals surface area (Å²) in [5.41, 5.74) is 0. The zero-order valence-electron chi connectivity index (χ0n) is 11.5. The maximum atomic E-state index is 6.24. The van der Waals surface area contributed by atoms with Gasteiger partial charge < -0.3 is 10.1 Å². The van der Waals surface area contributed by atoms with Gasteiger partial charge in [0.25, 0.3) is 0 Å². The predicted molar refractivity (Wildman–Crippen MR) is 86.9 cm³/mol. The van der Waals surface area contributed by atoms with E-state index in [1.807, 2.05) is 17.8 Å². The van der Waals surface area contributed by atoms with Gasteiger partial charge in [-0.2, -0.15) is 0 Å². The number of fused-ring (bicyclic) bond motifs is 1. The van der Waals surface area contributed by atoms with Crippen molar-refractivity contribution in [3.63, 3.8) is 0 Å². The third-order valence-corrected chi connectivity index (χ3v) is 5.47. The highest BCUT2D eigenvalue weighted by Gasteiger charge is 2.29. The predicted octanol–water partition coefficient (Wildman–Crippen LogP) is 4.34. The molecule has 0 bridgehead atoms. The number of rotatable bonds is 5. The summed E-state index contributed by atoms with van der Waals surface area (Å²) in [5, 5.41) is 5.78. The highest BCUT2D eigenvalue weighted by molar-refractivity contribution is 7.99. The van der Waals surface area contributed by atoms with Gasteiger partial charge in [-0.05, 0) is 36.5 Å². The smallest absolute Gasteiger partial charge is 0.133 e. The maximum absolute atomic E-state index is 6.24. The van der Waals surface area contributed by atoms with E-state index in [0.717, 1.165) is 24.5 Å². The lowest BCUT2D eigenvalue weighted by Gasteiger charge is -2.32. The number of benzene rings is 1. The van der Waals surface area contributed by atoms with Crippen LogP contribution in [-0.4, -0.2) is 18.4 Å². The molecule has 1 aliphatic rings. The Morgan fingerprint density at radius 3 is 3.00 bits per heavy atom. The molecule has 20 heavy (non-hydrogen) atoms. The quantitative estimate of drug-likeness (QED) is 0.888. The fourth-order valence-corrected chi connectivity index (χ4v) is 4.27. The minimum absolute atomic E-state index is 0.195. The molecule has 2 heterocycles. The number of hydrogen-bond donors (Lipinski definition) is 1. The summed E-state index contributed by atoms with van der Waals surface area (Å²) in [6.07, 6.45) is 1.33. The molecule has 1 aromatic heterocycles. The first-order valence-corrected chi connectivity index (χ1v) is 8.90. The van der Waals surface area contributed by atoms with Crippen molar-refractivity contribution in [2.24, 2.45) is 0 Å². The minimum atomic E-state index is 0.195. The van der Waals surface area contributed by atoms with Crippen molar-refractivity contribution in [3.8, 4) is 5.75 Å². The molecule has 0 saturated heterocycles. The fourth-order valence-electron chi connectivity index (χ4n) is 2.38. The molecule has 2 nitrogen and oxygen atoms in total. The number of nitrogens with one attached hydrogen (secondary N) is 1. The number of hydrogen-bond acceptors (Lipinski definition) is 4. The zero-order chi connectivity index (χ0) is 13.8. The number of ether oxygens (including phenoxy) is 1. The van der Waals surface area contributed by atoms with Crippen LogP contribution in [0.3, 0.4) is 0 Å². The summed E-state index contributed by atoms with van der Waals surface area (Å²) >= 11 is 3.70. The molecule has 2 aromatic rings. The van der Waals surface area contributed by atoms with Gasteiger partial charge in [0.15, 0.2) is 0 Å². The molecule has 0 spiro atoms. The van der Waals surface area contributed by atoms with E-state index < -0.39 is 0 Å². The summed E-state index contributed by atoms with van der Waals surface area (Å²) in [5.74, 6) is 2.02. The first kappa shape index (κ1) is 14.0. The van der Waals surface area contributed by atoms with Gasteiger partial charge in [-0.25, -0.2) is 0 Å². The molecule has 1 N–H and O–H groups in total. The second-order valence-electron chi connectivity index (χ2n) is 4.86. The second-order valence-corrected chi connectivity index (χ2v) is 6.90. The highest BCUT2D eigenvalue weighted by atomic mass is 32.2. The van der Waals surface area contributed by atoms with E-state index in [0.29, 0.717) is 0 Å². The Labute approximate surface area is 128 Å². The summed E-state index contributed by atoms with van der Waals surface area (Å²) in [4.78, 5) is 2.62. The standard InChI is InChI=1S/C16H19NOS2/c1-2-9-17-16(15-8-5-10-19-15)13-11-20-14-7-4-3-6-12(14)18-13/h3-8,10,13,16-17H,2,9,11H2,1H3. The first-order chi connectivity index (χ1) is 9.88. The van der Waals surface area contributed by atoms with Crippen molar-refractivity contribution in [1.29, 1.82) is 0 Å². The summed E-state index contributed by atoms with van der Waals surface area (Å²) in [7, 11) is 0. The van der Waals surface area contributed by atoms with Crippen molar-refractivity contribution < 1.29 is 4.74 Å². The van der Waals surface area contributed by atoms with E-state index in [1.54, 1.807) is 11.3 Å². The van der Waals surface area contributed by atoms with Crippen LogP contribution in [0.15, 0.2) is 46.7 Å². The van der Waals surface area contributed by atoms with Gasteiger partial charge in [0.05, 0.1) is 6.04 Å². The third kappa shape index (κ3) is 3.03. The lowest BCUT2D eigenvalue weighted by Crippen LogP contribution is -2.38. The van der Waals surface area contributed by atoms with E-state index >= 15 is 0 Å². The third-order valence-electron chi connectivity index (χ3n) is 3.37. The average Bonchev–Trinajstić information content (AvgIpc) is 3.02. The number of thioether (sulfide) groups is 1. The van der Waals surface area contributed by atoms with Crippen LogP contribution in [0, 0.1) is 0 Å². The van der Waals surface area contributed by atoms with Gasteiger partial charge in [-0.3, -0.25) is 0 Å². The molecule has 0 radical (unpaired) electrons. The van der Waals surface area contributed by atoms with E-state index in [9.17, 15) is 0 Å². The molecular weight excluding hydrogens is 286 g/mol.